The number of hydrogen-bond acceptors (Lipinski definition) is 4. The molecule has 3 rings (SSSR count). The minimum Gasteiger partial charge on any atom is -0.312 e. The van der Waals surface area contributed by atoms with Gasteiger partial charge in [0.1, 0.15) is 0 Å². The number of hydrogen-bond donors (Lipinski definition) is 1. The van der Waals surface area contributed by atoms with Crippen LogP contribution in [-0.4, -0.2) is 35.8 Å². The molecule has 0 saturated carbocycles. The highest BCUT2D eigenvalue weighted by molar-refractivity contribution is 8.14. The SMILES string of the molecule is Cc1ccc(N2C[C@@H](C(=O)NC3=NCCS3)CC2=O)cc1. The Balaban J connectivity index is 1.66. The Morgan fingerprint density at radius 2 is 2.14 bits per heavy atom. The van der Waals surface area contributed by atoms with Crippen LogP contribution in [0.4, 0.5) is 5.69 Å². The number of nitrogens with one attached hydrogen (secondary N) is 1. The second kappa shape index (κ2) is 5.89. The van der Waals surface area contributed by atoms with Gasteiger partial charge in [0.15, 0.2) is 5.17 Å². The molecule has 5 nitrogen and oxygen atoms in total. The predicted octanol–water partition coefficient (Wildman–Crippen LogP) is 1.57. The van der Waals surface area contributed by atoms with Gasteiger partial charge in [-0.15, -0.1) is 0 Å². The number of anilines is 1. The van der Waals surface area contributed by atoms with Crippen molar-refractivity contribution < 1.29 is 9.59 Å². The van der Waals surface area contributed by atoms with Crippen LogP contribution in [-0.2, 0) is 9.59 Å². The van der Waals surface area contributed by atoms with Gasteiger partial charge in [0.05, 0.1) is 12.5 Å². The zero-order chi connectivity index (χ0) is 14.8. The zero-order valence-corrected chi connectivity index (χ0v) is 12.7. The molecule has 1 saturated heterocycles. The first-order chi connectivity index (χ1) is 10.1. The predicted molar refractivity (Wildman–Crippen MR) is 84.5 cm³/mol. The van der Waals surface area contributed by atoms with E-state index in [1.165, 1.54) is 0 Å². The van der Waals surface area contributed by atoms with E-state index in [0.717, 1.165) is 23.5 Å². The average Bonchev–Trinajstić information content (AvgIpc) is 3.09. The van der Waals surface area contributed by atoms with E-state index in [0.29, 0.717) is 11.7 Å². The number of carbonyl (C=O) groups excluding carboxylic acids is 2. The molecule has 21 heavy (non-hydrogen) atoms. The van der Waals surface area contributed by atoms with Crippen molar-refractivity contribution in [2.45, 2.75) is 13.3 Å². The number of aliphatic imine (C=N–C) groups is 1. The van der Waals surface area contributed by atoms with E-state index in [1.807, 2.05) is 31.2 Å². The summed E-state index contributed by atoms with van der Waals surface area (Å²) in [4.78, 5) is 30.2. The average molecular weight is 303 g/mol. The fraction of sp³-hybridized carbons (Fsp3) is 0.400. The molecule has 6 heteroatoms. The summed E-state index contributed by atoms with van der Waals surface area (Å²) in [6, 6.07) is 7.79. The number of rotatable bonds is 2. The molecule has 1 fully saturated rings. The number of amidine groups is 1. The van der Waals surface area contributed by atoms with Crippen LogP contribution < -0.4 is 10.2 Å². The molecule has 110 valence electrons. The van der Waals surface area contributed by atoms with Crippen molar-refractivity contribution in [3.05, 3.63) is 29.8 Å². The van der Waals surface area contributed by atoms with Gasteiger partial charge in [-0.25, -0.2) is 0 Å². The lowest BCUT2D eigenvalue weighted by Crippen LogP contribution is -2.35. The van der Waals surface area contributed by atoms with Gasteiger partial charge in [-0.1, -0.05) is 29.5 Å². The van der Waals surface area contributed by atoms with Crippen LogP contribution in [0, 0.1) is 12.8 Å². The third kappa shape index (κ3) is 3.10. The zero-order valence-electron chi connectivity index (χ0n) is 11.8. The molecular weight excluding hydrogens is 286 g/mol. The summed E-state index contributed by atoms with van der Waals surface area (Å²) in [6.07, 6.45) is 0.262. The summed E-state index contributed by atoms with van der Waals surface area (Å²) < 4.78 is 0. The second-order valence-electron chi connectivity index (χ2n) is 5.27. The van der Waals surface area contributed by atoms with Crippen LogP contribution in [0.3, 0.4) is 0 Å². The third-order valence-corrected chi connectivity index (χ3v) is 4.55. The van der Waals surface area contributed by atoms with E-state index in [1.54, 1.807) is 16.7 Å². The monoisotopic (exact) mass is 303 g/mol. The van der Waals surface area contributed by atoms with E-state index in [9.17, 15) is 9.59 Å². The largest absolute Gasteiger partial charge is 0.312 e. The minimum atomic E-state index is -0.303. The van der Waals surface area contributed by atoms with Crippen molar-refractivity contribution in [1.82, 2.24) is 5.32 Å². The number of carbonyl (C=O) groups is 2. The standard InChI is InChI=1S/C15H17N3O2S/c1-10-2-4-12(5-3-10)18-9-11(8-13(18)19)14(20)17-15-16-6-7-21-15/h2-5,11H,6-9H2,1H3,(H,16,17,20)/t11-/m0/s1. The summed E-state index contributed by atoms with van der Waals surface area (Å²) in [7, 11) is 0. The molecule has 0 aliphatic carbocycles. The van der Waals surface area contributed by atoms with Crippen molar-refractivity contribution >= 4 is 34.4 Å². The number of amides is 2. The minimum absolute atomic E-state index is 0.0000156. The topological polar surface area (TPSA) is 61.8 Å². The molecular formula is C15H17N3O2S. The number of benzene rings is 1. The van der Waals surface area contributed by atoms with Crippen LogP contribution in [0.25, 0.3) is 0 Å². The molecule has 2 amide bonds. The molecule has 2 aliphatic heterocycles. The number of nitrogens with zero attached hydrogens (tertiary/aromatic N) is 2. The van der Waals surface area contributed by atoms with Gasteiger partial charge < -0.3 is 10.2 Å². The normalized spacial score (nSPS) is 21.6. The van der Waals surface area contributed by atoms with Crippen LogP contribution in [0.5, 0.6) is 0 Å². The molecule has 0 radical (unpaired) electrons. The molecule has 1 aromatic rings. The smallest absolute Gasteiger partial charge is 0.231 e. The van der Waals surface area contributed by atoms with Gasteiger partial charge in [-0.05, 0) is 19.1 Å². The Kier molecular flexibility index (Phi) is 3.96. The second-order valence-corrected chi connectivity index (χ2v) is 6.35. The molecule has 2 aliphatic rings. The maximum atomic E-state index is 12.2. The van der Waals surface area contributed by atoms with E-state index in [-0.39, 0.29) is 24.2 Å². The number of thioether (sulfide) groups is 1. The summed E-state index contributed by atoms with van der Waals surface area (Å²) in [6.45, 7) is 3.19. The Hall–Kier alpha value is -1.82. The van der Waals surface area contributed by atoms with Gasteiger partial charge in [-0.3, -0.25) is 14.6 Å². The van der Waals surface area contributed by atoms with Gasteiger partial charge >= 0.3 is 0 Å². The Morgan fingerprint density at radius 3 is 2.81 bits per heavy atom. The third-order valence-electron chi connectivity index (χ3n) is 3.66. The van der Waals surface area contributed by atoms with Gasteiger partial charge in [0, 0.05) is 24.4 Å². The van der Waals surface area contributed by atoms with E-state index in [2.05, 4.69) is 10.3 Å². The van der Waals surface area contributed by atoms with Crippen molar-refractivity contribution in [2.75, 3.05) is 23.7 Å². The lowest BCUT2D eigenvalue weighted by Gasteiger charge is -2.16. The summed E-state index contributed by atoms with van der Waals surface area (Å²) >= 11 is 1.55. The van der Waals surface area contributed by atoms with E-state index < -0.39 is 0 Å². The van der Waals surface area contributed by atoms with Crippen LogP contribution >= 0.6 is 11.8 Å². The van der Waals surface area contributed by atoms with Crippen LogP contribution in [0.15, 0.2) is 29.3 Å². The summed E-state index contributed by atoms with van der Waals surface area (Å²) in [5, 5.41) is 3.50. The van der Waals surface area contributed by atoms with Crippen LogP contribution in [0.2, 0.25) is 0 Å². The molecule has 1 aromatic carbocycles. The quantitative estimate of drug-likeness (QED) is 0.902. The molecule has 0 unspecified atom stereocenters. The molecule has 1 N–H and O–H groups in total. The fourth-order valence-electron chi connectivity index (χ4n) is 2.48. The Labute approximate surface area is 127 Å². The first-order valence-corrected chi connectivity index (χ1v) is 7.97. The van der Waals surface area contributed by atoms with Crippen LogP contribution in [0.1, 0.15) is 12.0 Å². The fourth-order valence-corrected chi connectivity index (χ4v) is 3.21. The maximum Gasteiger partial charge on any atom is 0.231 e. The van der Waals surface area contributed by atoms with Gasteiger partial charge in [0.2, 0.25) is 11.8 Å². The lowest BCUT2D eigenvalue weighted by molar-refractivity contribution is -0.125. The highest BCUT2D eigenvalue weighted by Gasteiger charge is 2.35. The maximum absolute atomic E-state index is 12.2. The Morgan fingerprint density at radius 1 is 1.38 bits per heavy atom. The van der Waals surface area contributed by atoms with E-state index in [4.69, 9.17) is 0 Å². The first-order valence-electron chi connectivity index (χ1n) is 6.98. The summed E-state index contributed by atoms with van der Waals surface area (Å²) in [5.74, 6) is 0.503. The lowest BCUT2D eigenvalue weighted by atomic mass is 10.1. The molecule has 0 aromatic heterocycles. The van der Waals surface area contributed by atoms with Gasteiger partial charge in [0.25, 0.3) is 0 Å². The van der Waals surface area contributed by atoms with Gasteiger partial charge in [-0.2, -0.15) is 0 Å². The highest BCUT2D eigenvalue weighted by Crippen LogP contribution is 2.25. The molecule has 1 atom stereocenters. The van der Waals surface area contributed by atoms with E-state index >= 15 is 0 Å². The summed E-state index contributed by atoms with van der Waals surface area (Å²) in [5.41, 5.74) is 2.00. The van der Waals surface area contributed by atoms with Crippen molar-refractivity contribution in [3.8, 4) is 0 Å². The van der Waals surface area contributed by atoms with Crippen molar-refractivity contribution in [3.63, 3.8) is 0 Å². The first kappa shape index (κ1) is 14.1. The van der Waals surface area contributed by atoms with Crippen molar-refractivity contribution in [2.24, 2.45) is 10.9 Å². The molecule has 0 spiro atoms. The highest BCUT2D eigenvalue weighted by atomic mass is 32.2. The van der Waals surface area contributed by atoms with Crippen molar-refractivity contribution in [1.29, 1.82) is 0 Å². The molecule has 0 bridgehead atoms. The number of aryl methyl sites for hydroxylation is 1. The molecule has 2 heterocycles. The Bertz CT molecular complexity index is 597.